The second kappa shape index (κ2) is 11.4. The van der Waals surface area contributed by atoms with Gasteiger partial charge in [0.2, 0.25) is 0 Å². The molecule has 1 atom stereocenters. The van der Waals surface area contributed by atoms with Crippen molar-refractivity contribution in [2.75, 3.05) is 7.11 Å². The molecule has 2 heterocycles. The standard InChI is InChI=1S/C30H32N6O2/c1-21(2)28(29-32-33-34-36(29)19-23-12-8-5-9-13-23)35(18-22-10-6-4-7-11-22)20-25-16-24-14-15-26(38-3)17-27(24)31-30(25)37/h4-17,21,28H,18-20H2,1-3H3,(H,31,37). The minimum absolute atomic E-state index is 0.116. The van der Waals surface area contributed by atoms with Gasteiger partial charge in [-0.15, -0.1) is 5.10 Å². The maximum Gasteiger partial charge on any atom is 0.252 e. The van der Waals surface area contributed by atoms with Gasteiger partial charge in [-0.05, 0) is 51.1 Å². The van der Waals surface area contributed by atoms with E-state index in [0.717, 1.165) is 27.9 Å². The van der Waals surface area contributed by atoms with E-state index in [1.54, 1.807) is 7.11 Å². The summed E-state index contributed by atoms with van der Waals surface area (Å²) < 4.78 is 7.19. The molecule has 5 rings (SSSR count). The zero-order chi connectivity index (χ0) is 26.5. The molecule has 0 fully saturated rings. The van der Waals surface area contributed by atoms with Crippen molar-refractivity contribution in [3.8, 4) is 5.75 Å². The molecule has 8 nitrogen and oxygen atoms in total. The number of fused-ring (bicyclic) bond motifs is 1. The maximum absolute atomic E-state index is 13.2. The van der Waals surface area contributed by atoms with Crippen LogP contribution < -0.4 is 10.3 Å². The van der Waals surface area contributed by atoms with Crippen LogP contribution in [0.5, 0.6) is 5.75 Å². The van der Waals surface area contributed by atoms with Crippen molar-refractivity contribution in [3.63, 3.8) is 0 Å². The van der Waals surface area contributed by atoms with E-state index in [1.165, 1.54) is 0 Å². The molecule has 0 bridgehead atoms. The molecule has 0 aliphatic rings. The van der Waals surface area contributed by atoms with Crippen LogP contribution in [0.3, 0.4) is 0 Å². The second-order valence-corrected chi connectivity index (χ2v) is 9.84. The fraction of sp³-hybridized carbons (Fsp3) is 0.267. The quantitative estimate of drug-likeness (QED) is 0.287. The summed E-state index contributed by atoms with van der Waals surface area (Å²) in [4.78, 5) is 18.6. The molecule has 38 heavy (non-hydrogen) atoms. The molecule has 1 N–H and O–H groups in total. The van der Waals surface area contributed by atoms with Gasteiger partial charge in [-0.25, -0.2) is 4.68 Å². The summed E-state index contributed by atoms with van der Waals surface area (Å²) in [6.45, 7) is 5.99. The number of H-pyrrole nitrogens is 1. The molecular formula is C30H32N6O2. The van der Waals surface area contributed by atoms with Crippen LogP contribution in [0.1, 0.15) is 42.4 Å². The molecule has 0 saturated heterocycles. The molecule has 5 aromatic rings. The summed E-state index contributed by atoms with van der Waals surface area (Å²) in [5.41, 5.74) is 3.60. The van der Waals surface area contributed by atoms with Gasteiger partial charge in [0.15, 0.2) is 5.82 Å². The van der Waals surface area contributed by atoms with Crippen molar-refractivity contribution in [2.24, 2.45) is 5.92 Å². The van der Waals surface area contributed by atoms with Crippen molar-refractivity contribution < 1.29 is 4.74 Å². The first-order chi connectivity index (χ1) is 18.5. The molecule has 194 valence electrons. The van der Waals surface area contributed by atoms with Crippen LogP contribution in [0.25, 0.3) is 10.9 Å². The van der Waals surface area contributed by atoms with Crippen molar-refractivity contribution in [2.45, 2.75) is 39.5 Å². The van der Waals surface area contributed by atoms with E-state index in [9.17, 15) is 4.79 Å². The minimum Gasteiger partial charge on any atom is -0.497 e. The lowest BCUT2D eigenvalue weighted by Gasteiger charge is -2.33. The predicted octanol–water partition coefficient (Wildman–Crippen LogP) is 4.97. The Morgan fingerprint density at radius 1 is 0.921 bits per heavy atom. The SMILES string of the molecule is COc1ccc2cc(CN(Cc3ccccc3)C(c3nnnn3Cc3ccccc3)C(C)C)c(=O)[nH]c2c1. The average Bonchev–Trinajstić information content (AvgIpc) is 3.37. The molecule has 0 radical (unpaired) electrons. The largest absolute Gasteiger partial charge is 0.497 e. The highest BCUT2D eigenvalue weighted by atomic mass is 16.5. The Kier molecular flexibility index (Phi) is 7.60. The lowest BCUT2D eigenvalue weighted by Crippen LogP contribution is -2.35. The fourth-order valence-corrected chi connectivity index (χ4v) is 4.93. The predicted molar refractivity (Wildman–Crippen MR) is 148 cm³/mol. The van der Waals surface area contributed by atoms with Gasteiger partial charge in [0, 0.05) is 24.7 Å². The number of aromatic nitrogens is 5. The van der Waals surface area contributed by atoms with Crippen molar-refractivity contribution in [1.29, 1.82) is 0 Å². The number of ether oxygens (including phenoxy) is 1. The smallest absolute Gasteiger partial charge is 0.252 e. The van der Waals surface area contributed by atoms with Gasteiger partial charge in [0.05, 0.1) is 25.2 Å². The molecule has 0 aliphatic heterocycles. The van der Waals surface area contributed by atoms with Crippen LogP contribution in [-0.2, 0) is 19.6 Å². The van der Waals surface area contributed by atoms with Crippen LogP contribution in [-0.4, -0.2) is 37.2 Å². The Bertz CT molecular complexity index is 1550. The number of aromatic amines is 1. The third kappa shape index (κ3) is 5.65. The Morgan fingerprint density at radius 2 is 1.63 bits per heavy atom. The van der Waals surface area contributed by atoms with E-state index < -0.39 is 0 Å². The van der Waals surface area contributed by atoms with Gasteiger partial charge in [0.25, 0.3) is 5.56 Å². The number of tetrazole rings is 1. The number of nitrogens with zero attached hydrogens (tertiary/aromatic N) is 5. The van der Waals surface area contributed by atoms with Crippen molar-refractivity contribution in [3.05, 3.63) is 118 Å². The first kappa shape index (κ1) is 25.4. The molecule has 0 aliphatic carbocycles. The molecule has 0 amide bonds. The second-order valence-electron chi connectivity index (χ2n) is 9.84. The summed E-state index contributed by atoms with van der Waals surface area (Å²) in [5, 5.41) is 13.8. The van der Waals surface area contributed by atoms with Gasteiger partial charge in [-0.1, -0.05) is 74.5 Å². The van der Waals surface area contributed by atoms with Crippen LogP contribution >= 0.6 is 0 Å². The van der Waals surface area contributed by atoms with E-state index in [4.69, 9.17) is 4.74 Å². The summed E-state index contributed by atoms with van der Waals surface area (Å²) in [7, 11) is 1.62. The summed E-state index contributed by atoms with van der Waals surface area (Å²) in [6, 6.07) is 28.0. The number of hydrogen-bond acceptors (Lipinski definition) is 6. The number of benzene rings is 3. The highest BCUT2D eigenvalue weighted by Gasteiger charge is 2.30. The first-order valence-electron chi connectivity index (χ1n) is 12.8. The number of nitrogens with one attached hydrogen (secondary N) is 1. The van der Waals surface area contributed by atoms with Crippen LogP contribution in [0, 0.1) is 5.92 Å². The number of hydrogen-bond donors (Lipinski definition) is 1. The normalized spacial score (nSPS) is 12.3. The lowest BCUT2D eigenvalue weighted by molar-refractivity contribution is 0.126. The topological polar surface area (TPSA) is 88.9 Å². The Morgan fingerprint density at radius 3 is 2.32 bits per heavy atom. The number of pyridine rings is 1. The maximum atomic E-state index is 13.2. The highest BCUT2D eigenvalue weighted by molar-refractivity contribution is 5.80. The third-order valence-corrected chi connectivity index (χ3v) is 6.76. The van der Waals surface area contributed by atoms with Crippen LogP contribution in [0.4, 0.5) is 0 Å². The van der Waals surface area contributed by atoms with E-state index in [2.05, 4.69) is 63.5 Å². The first-order valence-corrected chi connectivity index (χ1v) is 12.8. The van der Waals surface area contributed by atoms with E-state index in [0.29, 0.717) is 30.9 Å². The van der Waals surface area contributed by atoms with Crippen LogP contribution in [0.2, 0.25) is 0 Å². The highest BCUT2D eigenvalue weighted by Crippen LogP contribution is 2.30. The molecule has 3 aromatic carbocycles. The molecule has 1 unspecified atom stereocenters. The molecule has 0 spiro atoms. The monoisotopic (exact) mass is 508 g/mol. The van der Waals surface area contributed by atoms with Gasteiger partial charge in [0.1, 0.15) is 5.75 Å². The lowest BCUT2D eigenvalue weighted by atomic mass is 9.99. The molecular weight excluding hydrogens is 476 g/mol. The van der Waals surface area contributed by atoms with Gasteiger partial charge in [-0.3, -0.25) is 9.69 Å². The Balaban J connectivity index is 1.54. The van der Waals surface area contributed by atoms with Gasteiger partial charge >= 0.3 is 0 Å². The molecule has 2 aromatic heterocycles. The van der Waals surface area contributed by atoms with Crippen molar-refractivity contribution in [1.82, 2.24) is 30.1 Å². The minimum atomic E-state index is -0.125. The fourth-order valence-electron chi connectivity index (χ4n) is 4.93. The van der Waals surface area contributed by atoms with Crippen molar-refractivity contribution >= 4 is 10.9 Å². The number of rotatable bonds is 10. The summed E-state index contributed by atoms with van der Waals surface area (Å²) in [5.74, 6) is 1.67. The van der Waals surface area contributed by atoms with Crippen LogP contribution in [0.15, 0.2) is 89.7 Å². The Labute approximate surface area is 221 Å². The average molecular weight is 509 g/mol. The van der Waals surface area contributed by atoms with E-state index >= 15 is 0 Å². The number of methoxy groups -OCH3 is 1. The van der Waals surface area contributed by atoms with E-state index in [1.807, 2.05) is 65.3 Å². The summed E-state index contributed by atoms with van der Waals surface area (Å²) >= 11 is 0. The van der Waals surface area contributed by atoms with Gasteiger partial charge < -0.3 is 9.72 Å². The third-order valence-electron chi connectivity index (χ3n) is 6.76. The van der Waals surface area contributed by atoms with Gasteiger partial charge in [-0.2, -0.15) is 0 Å². The summed E-state index contributed by atoms with van der Waals surface area (Å²) in [6.07, 6.45) is 0. The molecule has 8 heteroatoms. The zero-order valence-electron chi connectivity index (χ0n) is 21.9. The Hall–Kier alpha value is -4.30. The molecule has 0 saturated carbocycles. The zero-order valence-corrected chi connectivity index (χ0v) is 21.9. The van der Waals surface area contributed by atoms with E-state index in [-0.39, 0.29) is 17.5 Å².